The van der Waals surface area contributed by atoms with Gasteiger partial charge >= 0.3 is 17.9 Å². The van der Waals surface area contributed by atoms with Crippen LogP contribution in [0.3, 0.4) is 0 Å². The summed E-state index contributed by atoms with van der Waals surface area (Å²) in [7, 11) is 3.07. The van der Waals surface area contributed by atoms with Gasteiger partial charge < -0.3 is 33.9 Å². The molecule has 1 fully saturated rings. The first-order valence-electron chi connectivity index (χ1n) is 17.5. The van der Waals surface area contributed by atoms with Gasteiger partial charge in [0.1, 0.15) is 24.4 Å². The molecule has 2 atom stereocenters. The van der Waals surface area contributed by atoms with E-state index in [2.05, 4.69) is 16.9 Å². The first-order chi connectivity index (χ1) is 25.0. The number of likely N-dealkylation sites (tertiary alicyclic amines) is 1. The Labute approximate surface area is 310 Å². The molecule has 1 unspecified atom stereocenters. The number of hydrogen-bond donors (Lipinski definition) is 1. The molecule has 1 saturated heterocycles. The normalized spacial score (nSPS) is 15.0. The predicted molar refractivity (Wildman–Crippen MR) is 194 cm³/mol. The van der Waals surface area contributed by atoms with Gasteiger partial charge in [0.2, 0.25) is 11.7 Å². The number of anilines is 1. The minimum atomic E-state index is -1.35. The van der Waals surface area contributed by atoms with Crippen molar-refractivity contribution in [2.75, 3.05) is 32.7 Å². The first kappa shape index (κ1) is 42.1. The third-order valence-electron chi connectivity index (χ3n) is 8.38. The lowest BCUT2D eigenvalue weighted by Gasteiger charge is -2.36. The lowest BCUT2D eigenvalue weighted by molar-refractivity contribution is -0.165. The maximum absolute atomic E-state index is 14.0. The molecule has 2 amide bonds. The number of Topliss-reactive ketones (excluding diaryl/α,β-unsaturated/α-hetero) is 1. The van der Waals surface area contributed by atoms with Crippen LogP contribution in [0.4, 0.5) is 5.69 Å². The number of aryl methyl sites for hydroxylation is 1. The number of pyridine rings is 1. The molecule has 2 heterocycles. The Hall–Kier alpha value is -5.27. The largest absolute Gasteiger partial charge is 0.493 e. The number of ether oxygens (including phenoxy) is 5. The van der Waals surface area contributed by atoms with Gasteiger partial charge in [-0.1, -0.05) is 12.6 Å². The molecule has 1 aromatic carbocycles. The Kier molecular flexibility index (Phi) is 15.1. The molecule has 0 bridgehead atoms. The van der Waals surface area contributed by atoms with E-state index in [1.807, 2.05) is 12.1 Å². The van der Waals surface area contributed by atoms with Crippen LogP contribution in [0.25, 0.3) is 0 Å². The van der Waals surface area contributed by atoms with Crippen molar-refractivity contribution in [1.82, 2.24) is 9.88 Å². The summed E-state index contributed by atoms with van der Waals surface area (Å²) in [6, 6.07) is 6.04. The fourth-order valence-corrected chi connectivity index (χ4v) is 5.60. The Morgan fingerprint density at radius 2 is 1.70 bits per heavy atom. The molecule has 0 saturated carbocycles. The van der Waals surface area contributed by atoms with Crippen molar-refractivity contribution >= 4 is 41.2 Å². The van der Waals surface area contributed by atoms with Crippen molar-refractivity contribution in [2.45, 2.75) is 97.3 Å². The number of benzene rings is 1. The van der Waals surface area contributed by atoms with Gasteiger partial charge in [0.25, 0.3) is 5.91 Å². The molecule has 14 nitrogen and oxygen atoms in total. The highest BCUT2D eigenvalue weighted by molar-refractivity contribution is 6.38. The summed E-state index contributed by atoms with van der Waals surface area (Å²) in [6.07, 6.45) is 4.99. The smallest absolute Gasteiger partial charge is 0.330 e. The SMILES string of the molecule is C=CC(=O)OCC(C)(C)C(=O)C(=O)N1CCCC[C@H]1C(=O)OC(CCc1ccc(OC)c(OC)c1)c1cncc(NC(=O)CCC(=O)OC(C)(C)C)c1. The van der Waals surface area contributed by atoms with Crippen LogP contribution >= 0.6 is 0 Å². The Bertz CT molecular complexity index is 1660. The zero-order valence-corrected chi connectivity index (χ0v) is 31.7. The zero-order valence-electron chi connectivity index (χ0n) is 31.7. The van der Waals surface area contributed by atoms with Crippen LogP contribution in [0, 0.1) is 5.41 Å². The molecule has 1 N–H and O–H groups in total. The fourth-order valence-electron chi connectivity index (χ4n) is 5.60. The number of carbonyl (C=O) groups excluding carboxylic acids is 6. The summed E-state index contributed by atoms with van der Waals surface area (Å²) in [5.41, 5.74) is -0.372. The minimum Gasteiger partial charge on any atom is -0.493 e. The molecule has 53 heavy (non-hydrogen) atoms. The molecule has 288 valence electrons. The second kappa shape index (κ2) is 19.0. The van der Waals surface area contributed by atoms with Crippen molar-refractivity contribution < 1.29 is 52.5 Å². The number of aromatic nitrogens is 1. The maximum atomic E-state index is 14.0. The highest BCUT2D eigenvalue weighted by atomic mass is 16.6. The van der Waals surface area contributed by atoms with Gasteiger partial charge in [-0.05, 0) is 90.5 Å². The first-order valence-corrected chi connectivity index (χ1v) is 17.5. The van der Waals surface area contributed by atoms with Crippen LogP contribution in [0.2, 0.25) is 0 Å². The molecule has 2 aromatic rings. The highest BCUT2D eigenvalue weighted by Crippen LogP contribution is 2.32. The highest BCUT2D eigenvalue weighted by Gasteiger charge is 2.42. The van der Waals surface area contributed by atoms with Crippen molar-refractivity contribution in [2.24, 2.45) is 5.41 Å². The van der Waals surface area contributed by atoms with E-state index in [-0.39, 0.29) is 38.8 Å². The lowest BCUT2D eigenvalue weighted by atomic mass is 9.87. The van der Waals surface area contributed by atoms with Crippen LogP contribution in [-0.2, 0) is 49.4 Å². The number of nitrogens with one attached hydrogen (secondary N) is 1. The van der Waals surface area contributed by atoms with Gasteiger partial charge in [0.05, 0.1) is 37.9 Å². The van der Waals surface area contributed by atoms with Gasteiger partial charge in [0, 0.05) is 30.8 Å². The third kappa shape index (κ3) is 12.7. The number of piperidine rings is 1. The topological polar surface area (TPSA) is 177 Å². The van der Waals surface area contributed by atoms with E-state index in [1.165, 1.54) is 45.4 Å². The Balaban J connectivity index is 1.84. The average Bonchev–Trinajstić information content (AvgIpc) is 3.13. The second-order valence-corrected chi connectivity index (χ2v) is 14.3. The molecule has 1 aromatic heterocycles. The molecule has 0 radical (unpaired) electrons. The number of carbonyl (C=O) groups is 6. The monoisotopic (exact) mass is 737 g/mol. The summed E-state index contributed by atoms with van der Waals surface area (Å²) in [5.74, 6) is -2.96. The molecular weight excluding hydrogens is 686 g/mol. The van der Waals surface area contributed by atoms with E-state index in [0.29, 0.717) is 42.0 Å². The average molecular weight is 738 g/mol. The second-order valence-electron chi connectivity index (χ2n) is 14.3. The summed E-state index contributed by atoms with van der Waals surface area (Å²) in [4.78, 5) is 82.9. The standard InChI is InChI=1S/C39H51N3O11/c1-9-33(44)51-24-39(5,6)35(46)36(47)42-19-11-10-12-28(42)37(48)52-29(15-13-25-14-16-30(49-7)31(20-25)50-8)26-21-27(23-40-22-26)41-32(43)17-18-34(45)53-38(2,3)4/h9,14,16,20-23,28-29H,1,10-13,15,17-19,24H2,2-8H3,(H,41,43)/t28-,29?/m0/s1. The summed E-state index contributed by atoms with van der Waals surface area (Å²) in [6.45, 7) is 11.4. The number of esters is 3. The van der Waals surface area contributed by atoms with Crippen LogP contribution in [0.1, 0.15) is 90.4 Å². The van der Waals surface area contributed by atoms with Gasteiger partial charge in [-0.25, -0.2) is 9.59 Å². The number of methoxy groups -OCH3 is 2. The van der Waals surface area contributed by atoms with Crippen LogP contribution < -0.4 is 14.8 Å². The van der Waals surface area contributed by atoms with E-state index in [4.69, 9.17) is 23.7 Å². The lowest BCUT2D eigenvalue weighted by Crippen LogP contribution is -2.53. The molecule has 0 spiro atoms. The van der Waals surface area contributed by atoms with E-state index >= 15 is 0 Å². The van der Waals surface area contributed by atoms with Crippen molar-refractivity contribution in [1.29, 1.82) is 0 Å². The van der Waals surface area contributed by atoms with Crippen LogP contribution in [-0.4, -0.2) is 84.4 Å². The number of hydrogen-bond acceptors (Lipinski definition) is 12. The van der Waals surface area contributed by atoms with Gasteiger partial charge in [-0.15, -0.1) is 0 Å². The Morgan fingerprint density at radius 3 is 2.36 bits per heavy atom. The van der Waals surface area contributed by atoms with Gasteiger partial charge in [-0.3, -0.25) is 24.2 Å². The number of ketones is 1. The number of amides is 2. The Morgan fingerprint density at radius 1 is 0.981 bits per heavy atom. The molecule has 0 aliphatic carbocycles. The summed E-state index contributed by atoms with van der Waals surface area (Å²) < 4.78 is 27.3. The summed E-state index contributed by atoms with van der Waals surface area (Å²) >= 11 is 0. The van der Waals surface area contributed by atoms with Gasteiger partial charge in [0.15, 0.2) is 11.5 Å². The summed E-state index contributed by atoms with van der Waals surface area (Å²) in [5, 5.41) is 2.74. The van der Waals surface area contributed by atoms with Crippen LogP contribution in [0.15, 0.2) is 49.3 Å². The molecule has 3 rings (SSSR count). The van der Waals surface area contributed by atoms with E-state index < -0.39 is 58.7 Å². The van der Waals surface area contributed by atoms with E-state index in [9.17, 15) is 28.8 Å². The van der Waals surface area contributed by atoms with Crippen LogP contribution in [0.5, 0.6) is 11.5 Å². The predicted octanol–water partition coefficient (Wildman–Crippen LogP) is 5.08. The third-order valence-corrected chi connectivity index (χ3v) is 8.38. The van der Waals surface area contributed by atoms with Crippen molar-refractivity contribution in [3.05, 3.63) is 60.4 Å². The van der Waals surface area contributed by atoms with E-state index in [0.717, 1.165) is 11.6 Å². The van der Waals surface area contributed by atoms with Crippen molar-refractivity contribution in [3.63, 3.8) is 0 Å². The van der Waals surface area contributed by atoms with E-state index in [1.54, 1.807) is 32.9 Å². The molecule has 1 aliphatic rings. The van der Waals surface area contributed by atoms with Gasteiger partial charge in [-0.2, -0.15) is 0 Å². The molecule has 1 aliphatic heterocycles. The number of rotatable bonds is 17. The fraction of sp³-hybridized carbons (Fsp3) is 0.513. The minimum absolute atomic E-state index is 0.113. The molecular formula is C39H51N3O11. The van der Waals surface area contributed by atoms with Crippen molar-refractivity contribution in [3.8, 4) is 11.5 Å². The maximum Gasteiger partial charge on any atom is 0.330 e. The number of nitrogens with zero attached hydrogens (tertiary/aromatic N) is 2. The molecule has 14 heteroatoms. The zero-order chi connectivity index (χ0) is 39.3. The quantitative estimate of drug-likeness (QED) is 0.0988.